The van der Waals surface area contributed by atoms with Gasteiger partial charge in [0.1, 0.15) is 11.9 Å². The lowest BCUT2D eigenvalue weighted by Crippen LogP contribution is -2.41. The summed E-state index contributed by atoms with van der Waals surface area (Å²) in [6.07, 6.45) is 0.620. The van der Waals surface area contributed by atoms with E-state index in [1.807, 2.05) is 32.0 Å². The second kappa shape index (κ2) is 8.81. The highest BCUT2D eigenvalue weighted by Gasteiger charge is 2.36. The number of hydrogen-bond acceptors (Lipinski definition) is 5. The smallest absolute Gasteiger partial charge is 0.273 e. The van der Waals surface area contributed by atoms with Gasteiger partial charge in [0.25, 0.3) is 11.8 Å². The average Bonchev–Trinajstić information content (AvgIpc) is 3.27. The fourth-order valence-electron chi connectivity index (χ4n) is 3.13. The Labute approximate surface area is 162 Å². The molecule has 8 nitrogen and oxygen atoms in total. The molecule has 3 rings (SSSR count). The van der Waals surface area contributed by atoms with Crippen molar-refractivity contribution in [3.63, 3.8) is 0 Å². The molecule has 0 radical (unpaired) electrons. The molecule has 0 aliphatic carbocycles. The lowest BCUT2D eigenvalue weighted by molar-refractivity contribution is -0.134. The minimum Gasteiger partial charge on any atom is -0.484 e. The normalized spacial score (nSPS) is 19.1. The van der Waals surface area contributed by atoms with Crippen LogP contribution in [0, 0.1) is 0 Å². The molecule has 150 valence electrons. The molecule has 1 aromatic heterocycles. The van der Waals surface area contributed by atoms with Crippen LogP contribution in [0.3, 0.4) is 0 Å². The first-order valence-electron chi connectivity index (χ1n) is 9.24. The van der Waals surface area contributed by atoms with E-state index in [0.29, 0.717) is 5.75 Å². The number of ether oxygens (including phenoxy) is 1. The van der Waals surface area contributed by atoms with Crippen LogP contribution in [-0.4, -0.2) is 63.1 Å². The van der Waals surface area contributed by atoms with Crippen molar-refractivity contribution in [1.82, 2.24) is 25.2 Å². The van der Waals surface area contributed by atoms with Crippen molar-refractivity contribution in [2.75, 3.05) is 13.2 Å². The van der Waals surface area contributed by atoms with Gasteiger partial charge in [-0.05, 0) is 26.0 Å². The summed E-state index contributed by atoms with van der Waals surface area (Å²) in [7, 11) is 0. The van der Waals surface area contributed by atoms with Crippen molar-refractivity contribution < 1.29 is 18.7 Å². The SMILES string of the molecule is CC(C)NC(=O)c1cn(C[C@@H]2C[C@H](F)CN2C(=O)COc2ccccc2)nn1. The van der Waals surface area contributed by atoms with E-state index in [0.717, 1.165) is 0 Å². The Hall–Kier alpha value is -2.97. The predicted octanol–water partition coefficient (Wildman–Crippen LogP) is 1.43. The molecule has 2 amide bonds. The molecule has 1 aliphatic heterocycles. The van der Waals surface area contributed by atoms with Crippen LogP contribution in [0.1, 0.15) is 30.8 Å². The van der Waals surface area contributed by atoms with Crippen LogP contribution in [0.2, 0.25) is 0 Å². The van der Waals surface area contributed by atoms with E-state index in [9.17, 15) is 14.0 Å². The number of aromatic nitrogens is 3. The topological polar surface area (TPSA) is 89.4 Å². The zero-order chi connectivity index (χ0) is 20.1. The number of amides is 2. The van der Waals surface area contributed by atoms with Crippen LogP contribution < -0.4 is 10.1 Å². The van der Waals surface area contributed by atoms with Crippen molar-refractivity contribution >= 4 is 11.8 Å². The van der Waals surface area contributed by atoms with Crippen LogP contribution in [0.4, 0.5) is 4.39 Å². The second-order valence-electron chi connectivity index (χ2n) is 7.09. The number of carbonyl (C=O) groups is 2. The molecule has 0 saturated carbocycles. The van der Waals surface area contributed by atoms with Gasteiger partial charge in [-0.15, -0.1) is 5.10 Å². The number of nitrogens with one attached hydrogen (secondary N) is 1. The van der Waals surface area contributed by atoms with E-state index in [4.69, 9.17) is 4.74 Å². The monoisotopic (exact) mass is 389 g/mol. The van der Waals surface area contributed by atoms with Crippen molar-refractivity contribution in [3.05, 3.63) is 42.2 Å². The summed E-state index contributed by atoms with van der Waals surface area (Å²) in [6, 6.07) is 8.61. The van der Waals surface area contributed by atoms with E-state index < -0.39 is 6.17 Å². The highest BCUT2D eigenvalue weighted by Crippen LogP contribution is 2.22. The maximum atomic E-state index is 14.0. The Morgan fingerprint density at radius 3 is 2.79 bits per heavy atom. The Balaban J connectivity index is 1.60. The van der Waals surface area contributed by atoms with E-state index in [1.165, 1.54) is 15.8 Å². The summed E-state index contributed by atoms with van der Waals surface area (Å²) in [5.74, 6) is -0.0207. The van der Waals surface area contributed by atoms with Crippen LogP contribution in [-0.2, 0) is 11.3 Å². The molecule has 0 spiro atoms. The van der Waals surface area contributed by atoms with Gasteiger partial charge in [-0.3, -0.25) is 9.59 Å². The van der Waals surface area contributed by atoms with Crippen molar-refractivity contribution in [3.8, 4) is 5.75 Å². The zero-order valence-electron chi connectivity index (χ0n) is 15.9. The third kappa shape index (κ3) is 5.05. The Kier molecular flexibility index (Phi) is 6.23. The molecule has 1 aliphatic rings. The van der Waals surface area contributed by atoms with Gasteiger partial charge < -0.3 is 15.0 Å². The third-order valence-corrected chi connectivity index (χ3v) is 4.38. The molecular formula is C19H24FN5O3. The summed E-state index contributed by atoms with van der Waals surface area (Å²) in [5, 5.41) is 10.5. The number of likely N-dealkylation sites (tertiary alicyclic amines) is 1. The maximum absolute atomic E-state index is 14.0. The van der Waals surface area contributed by atoms with Gasteiger partial charge in [-0.1, -0.05) is 23.4 Å². The average molecular weight is 389 g/mol. The molecule has 0 bridgehead atoms. The number of para-hydroxylation sites is 1. The quantitative estimate of drug-likeness (QED) is 0.774. The Morgan fingerprint density at radius 2 is 2.07 bits per heavy atom. The standard InChI is InChI=1S/C19H24FN5O3/c1-13(2)21-19(27)17-11-24(23-22-17)10-15-8-14(20)9-25(15)18(26)12-28-16-6-4-3-5-7-16/h3-7,11,13-15H,8-10,12H2,1-2H3,(H,21,27)/t14-,15-/m0/s1. The Bertz CT molecular complexity index is 811. The van der Waals surface area contributed by atoms with E-state index in [1.54, 1.807) is 12.1 Å². The fourth-order valence-corrected chi connectivity index (χ4v) is 3.13. The summed E-state index contributed by atoms with van der Waals surface area (Å²) in [5.41, 5.74) is 0.189. The van der Waals surface area contributed by atoms with Gasteiger partial charge in [-0.25, -0.2) is 9.07 Å². The van der Waals surface area contributed by atoms with Crippen LogP contribution in [0.15, 0.2) is 36.5 Å². The number of carbonyl (C=O) groups excluding carboxylic acids is 2. The zero-order valence-corrected chi connectivity index (χ0v) is 15.9. The number of hydrogen-bond donors (Lipinski definition) is 1. The van der Waals surface area contributed by atoms with Gasteiger partial charge in [0.05, 0.1) is 25.3 Å². The molecule has 1 fully saturated rings. The summed E-state index contributed by atoms with van der Waals surface area (Å²) in [6.45, 7) is 3.83. The molecule has 2 aromatic rings. The fraction of sp³-hybridized carbons (Fsp3) is 0.474. The number of benzene rings is 1. The second-order valence-corrected chi connectivity index (χ2v) is 7.09. The molecular weight excluding hydrogens is 365 g/mol. The minimum atomic E-state index is -1.10. The van der Waals surface area contributed by atoms with Gasteiger partial charge in [0.15, 0.2) is 12.3 Å². The van der Waals surface area contributed by atoms with Crippen LogP contribution in [0.5, 0.6) is 5.75 Å². The number of alkyl halides is 1. The lowest BCUT2D eigenvalue weighted by Gasteiger charge is -2.24. The summed E-state index contributed by atoms with van der Waals surface area (Å²) in [4.78, 5) is 26.0. The molecule has 2 heterocycles. The minimum absolute atomic E-state index is 0.0162. The third-order valence-electron chi connectivity index (χ3n) is 4.38. The van der Waals surface area contributed by atoms with Crippen LogP contribution >= 0.6 is 0 Å². The van der Waals surface area contributed by atoms with Gasteiger partial charge in [0, 0.05) is 12.5 Å². The van der Waals surface area contributed by atoms with Crippen LogP contribution in [0.25, 0.3) is 0 Å². The first-order valence-corrected chi connectivity index (χ1v) is 9.24. The molecule has 28 heavy (non-hydrogen) atoms. The molecule has 2 atom stereocenters. The number of nitrogens with zero attached hydrogens (tertiary/aromatic N) is 4. The molecule has 0 unspecified atom stereocenters. The van der Waals surface area contributed by atoms with Crippen molar-refractivity contribution in [2.24, 2.45) is 0 Å². The van der Waals surface area contributed by atoms with Gasteiger partial charge in [0.2, 0.25) is 0 Å². The summed E-state index contributed by atoms with van der Waals surface area (Å²) < 4.78 is 20.9. The number of halogens is 1. The molecule has 1 saturated heterocycles. The molecule has 1 aromatic carbocycles. The first kappa shape index (κ1) is 19.8. The highest BCUT2D eigenvalue weighted by atomic mass is 19.1. The predicted molar refractivity (Wildman–Crippen MR) is 99.6 cm³/mol. The van der Waals surface area contributed by atoms with Gasteiger partial charge >= 0.3 is 0 Å². The molecule has 1 N–H and O–H groups in total. The van der Waals surface area contributed by atoms with E-state index in [2.05, 4.69) is 15.6 Å². The lowest BCUT2D eigenvalue weighted by atomic mass is 10.2. The van der Waals surface area contributed by atoms with E-state index in [-0.39, 0.29) is 55.7 Å². The van der Waals surface area contributed by atoms with Crippen molar-refractivity contribution in [1.29, 1.82) is 0 Å². The van der Waals surface area contributed by atoms with Gasteiger partial charge in [-0.2, -0.15) is 0 Å². The van der Waals surface area contributed by atoms with E-state index >= 15 is 0 Å². The van der Waals surface area contributed by atoms with Crippen molar-refractivity contribution in [2.45, 2.75) is 45.1 Å². The first-order chi connectivity index (χ1) is 13.4. The molecule has 9 heteroatoms. The maximum Gasteiger partial charge on any atom is 0.273 e. The summed E-state index contributed by atoms with van der Waals surface area (Å²) >= 11 is 0. The highest BCUT2D eigenvalue weighted by molar-refractivity contribution is 5.92. The largest absolute Gasteiger partial charge is 0.484 e. The Morgan fingerprint density at radius 1 is 1.32 bits per heavy atom. The number of rotatable bonds is 7.